The Hall–Kier alpha value is -1.07. The minimum atomic E-state index is -3.25. The molecule has 0 amide bonds. The molecule has 0 spiro atoms. The summed E-state index contributed by atoms with van der Waals surface area (Å²) >= 11 is 0. The number of hydrogen-bond donors (Lipinski definition) is 1. The van der Waals surface area contributed by atoms with E-state index in [1.54, 1.807) is 4.31 Å². The maximum absolute atomic E-state index is 12.5. The second-order valence-corrected chi connectivity index (χ2v) is 6.95. The van der Waals surface area contributed by atoms with Crippen LogP contribution in [-0.2, 0) is 16.4 Å². The summed E-state index contributed by atoms with van der Waals surface area (Å²) in [5.74, 6) is 0.152. The average molecular weight is 282 g/mol. The monoisotopic (exact) mass is 282 g/mol. The number of benzene rings is 1. The predicted octanol–water partition coefficient (Wildman–Crippen LogP) is 1.77. The first-order valence-electron chi connectivity index (χ1n) is 6.87. The molecule has 19 heavy (non-hydrogen) atoms. The van der Waals surface area contributed by atoms with Gasteiger partial charge in [-0.25, -0.2) is 8.42 Å². The Morgan fingerprint density at radius 2 is 2.11 bits per heavy atom. The van der Waals surface area contributed by atoms with Crippen LogP contribution in [0.3, 0.4) is 0 Å². The number of anilines is 1. The molecule has 1 heterocycles. The van der Waals surface area contributed by atoms with Gasteiger partial charge in [-0.05, 0) is 37.9 Å². The van der Waals surface area contributed by atoms with Crippen molar-refractivity contribution in [3.63, 3.8) is 0 Å². The second kappa shape index (κ2) is 5.92. The van der Waals surface area contributed by atoms with E-state index in [-0.39, 0.29) is 11.8 Å². The summed E-state index contributed by atoms with van der Waals surface area (Å²) < 4.78 is 26.7. The Kier molecular flexibility index (Phi) is 4.47. The van der Waals surface area contributed by atoms with Crippen LogP contribution in [0.5, 0.6) is 0 Å². The van der Waals surface area contributed by atoms with Crippen LogP contribution in [0.4, 0.5) is 5.69 Å². The zero-order valence-electron chi connectivity index (χ0n) is 11.6. The van der Waals surface area contributed by atoms with E-state index >= 15 is 0 Å². The highest BCUT2D eigenvalue weighted by molar-refractivity contribution is 7.92. The van der Waals surface area contributed by atoms with Crippen LogP contribution in [0.2, 0.25) is 0 Å². The second-order valence-electron chi connectivity index (χ2n) is 4.98. The van der Waals surface area contributed by atoms with Crippen LogP contribution in [0, 0.1) is 0 Å². The molecule has 1 aromatic rings. The lowest BCUT2D eigenvalue weighted by atomic mass is 9.99. The van der Waals surface area contributed by atoms with E-state index in [4.69, 9.17) is 0 Å². The van der Waals surface area contributed by atoms with Gasteiger partial charge in [0.1, 0.15) is 0 Å². The van der Waals surface area contributed by atoms with Crippen molar-refractivity contribution in [2.75, 3.05) is 23.1 Å². The van der Waals surface area contributed by atoms with E-state index in [0.717, 1.165) is 30.6 Å². The Morgan fingerprint density at radius 1 is 1.37 bits per heavy atom. The standard InChI is InChI=1S/C14H22N2O2S/c1-3-15-10-11-19(17,18)16-12(2)8-9-13-6-4-5-7-14(13)16/h4-7,12,15H,3,8-11H2,1-2H3. The molecule has 0 saturated heterocycles. The van der Waals surface area contributed by atoms with Crippen LogP contribution in [0.25, 0.3) is 0 Å². The molecule has 1 aliphatic rings. The third-order valence-corrected chi connectivity index (χ3v) is 5.42. The minimum Gasteiger partial charge on any atom is -0.316 e. The van der Waals surface area contributed by atoms with Crippen molar-refractivity contribution >= 4 is 15.7 Å². The highest BCUT2D eigenvalue weighted by Crippen LogP contribution is 2.32. The summed E-state index contributed by atoms with van der Waals surface area (Å²) in [4.78, 5) is 0. The molecular formula is C14H22N2O2S. The van der Waals surface area contributed by atoms with Crippen LogP contribution in [-0.4, -0.2) is 33.3 Å². The lowest BCUT2D eigenvalue weighted by molar-refractivity contribution is 0.560. The zero-order chi connectivity index (χ0) is 13.9. The van der Waals surface area contributed by atoms with Gasteiger partial charge >= 0.3 is 0 Å². The fourth-order valence-electron chi connectivity index (χ4n) is 2.56. The number of sulfonamides is 1. The number of nitrogens with zero attached hydrogens (tertiary/aromatic N) is 1. The topological polar surface area (TPSA) is 49.4 Å². The van der Waals surface area contributed by atoms with Crippen molar-refractivity contribution in [2.45, 2.75) is 32.7 Å². The van der Waals surface area contributed by atoms with Crippen molar-refractivity contribution in [3.8, 4) is 0 Å². The summed E-state index contributed by atoms with van der Waals surface area (Å²) in [6.07, 6.45) is 1.84. The minimum absolute atomic E-state index is 0.0431. The molecule has 4 nitrogen and oxygen atoms in total. The van der Waals surface area contributed by atoms with Crippen LogP contribution < -0.4 is 9.62 Å². The highest BCUT2D eigenvalue weighted by atomic mass is 32.2. The van der Waals surface area contributed by atoms with Crippen molar-refractivity contribution in [2.24, 2.45) is 0 Å². The Labute approximate surface area is 115 Å². The van der Waals surface area contributed by atoms with E-state index in [1.165, 1.54) is 0 Å². The van der Waals surface area contributed by atoms with Gasteiger partial charge < -0.3 is 5.32 Å². The molecule has 1 unspecified atom stereocenters. The molecule has 2 rings (SSSR count). The molecule has 5 heteroatoms. The van der Waals surface area contributed by atoms with Crippen LogP contribution in [0.1, 0.15) is 25.8 Å². The predicted molar refractivity (Wildman–Crippen MR) is 79.0 cm³/mol. The molecule has 1 aliphatic heterocycles. The van der Waals surface area contributed by atoms with Crippen LogP contribution >= 0.6 is 0 Å². The fourth-order valence-corrected chi connectivity index (χ4v) is 4.29. The summed E-state index contributed by atoms with van der Waals surface area (Å²) in [5.41, 5.74) is 1.99. The number of para-hydroxylation sites is 1. The number of fused-ring (bicyclic) bond motifs is 1. The Bertz CT molecular complexity index is 528. The van der Waals surface area contributed by atoms with Crippen LogP contribution in [0.15, 0.2) is 24.3 Å². The molecule has 0 fully saturated rings. The van der Waals surface area contributed by atoms with Gasteiger partial charge in [0.15, 0.2) is 0 Å². The molecule has 0 saturated carbocycles. The van der Waals surface area contributed by atoms with Crippen molar-refractivity contribution in [1.29, 1.82) is 0 Å². The molecule has 1 aromatic carbocycles. The Morgan fingerprint density at radius 3 is 2.84 bits per heavy atom. The highest BCUT2D eigenvalue weighted by Gasteiger charge is 2.31. The molecular weight excluding hydrogens is 260 g/mol. The quantitative estimate of drug-likeness (QED) is 0.837. The SMILES string of the molecule is CCNCCS(=O)(=O)N1c2ccccc2CCC1C. The molecule has 1 atom stereocenters. The van der Waals surface area contributed by atoms with Gasteiger partial charge in [-0.2, -0.15) is 0 Å². The molecule has 0 aromatic heterocycles. The van der Waals surface area contributed by atoms with Gasteiger partial charge in [0, 0.05) is 12.6 Å². The maximum atomic E-state index is 12.5. The molecule has 0 aliphatic carbocycles. The van der Waals surface area contributed by atoms with E-state index in [1.807, 2.05) is 38.1 Å². The number of rotatable bonds is 5. The first-order chi connectivity index (χ1) is 9.06. The lowest BCUT2D eigenvalue weighted by Gasteiger charge is -2.36. The average Bonchev–Trinajstić information content (AvgIpc) is 2.38. The first kappa shape index (κ1) is 14.3. The lowest BCUT2D eigenvalue weighted by Crippen LogP contribution is -2.44. The number of aryl methyl sites for hydroxylation is 1. The van der Waals surface area contributed by atoms with E-state index in [9.17, 15) is 8.42 Å². The molecule has 0 bridgehead atoms. The molecule has 1 N–H and O–H groups in total. The fraction of sp³-hybridized carbons (Fsp3) is 0.571. The third-order valence-electron chi connectivity index (χ3n) is 3.55. The van der Waals surface area contributed by atoms with E-state index < -0.39 is 10.0 Å². The van der Waals surface area contributed by atoms with Gasteiger partial charge in [0.2, 0.25) is 10.0 Å². The summed E-state index contributed by atoms with van der Waals surface area (Å²) in [6, 6.07) is 7.85. The smallest absolute Gasteiger partial charge is 0.236 e. The van der Waals surface area contributed by atoms with Crippen molar-refractivity contribution in [3.05, 3.63) is 29.8 Å². The summed E-state index contributed by atoms with van der Waals surface area (Å²) in [7, 11) is -3.25. The maximum Gasteiger partial charge on any atom is 0.236 e. The summed E-state index contributed by atoms with van der Waals surface area (Å²) in [5, 5.41) is 3.08. The number of nitrogens with one attached hydrogen (secondary N) is 1. The van der Waals surface area contributed by atoms with E-state index in [2.05, 4.69) is 5.32 Å². The van der Waals surface area contributed by atoms with Gasteiger partial charge in [-0.15, -0.1) is 0 Å². The Balaban J connectivity index is 2.27. The molecule has 0 radical (unpaired) electrons. The normalized spacial score (nSPS) is 19.3. The van der Waals surface area contributed by atoms with Gasteiger partial charge in [-0.1, -0.05) is 25.1 Å². The summed E-state index contributed by atoms with van der Waals surface area (Å²) in [6.45, 7) is 5.26. The van der Waals surface area contributed by atoms with E-state index in [0.29, 0.717) is 6.54 Å². The number of hydrogen-bond acceptors (Lipinski definition) is 3. The van der Waals surface area contributed by atoms with Gasteiger partial charge in [-0.3, -0.25) is 4.31 Å². The molecule has 106 valence electrons. The van der Waals surface area contributed by atoms with Crippen molar-refractivity contribution in [1.82, 2.24) is 5.32 Å². The largest absolute Gasteiger partial charge is 0.316 e. The zero-order valence-corrected chi connectivity index (χ0v) is 12.4. The third kappa shape index (κ3) is 3.09. The first-order valence-corrected chi connectivity index (χ1v) is 8.48. The van der Waals surface area contributed by atoms with Gasteiger partial charge in [0.25, 0.3) is 0 Å². The van der Waals surface area contributed by atoms with Gasteiger partial charge in [0.05, 0.1) is 11.4 Å². The van der Waals surface area contributed by atoms with Crippen molar-refractivity contribution < 1.29 is 8.42 Å².